The number of carbonyl (C=O) groups is 2. The first kappa shape index (κ1) is 14.4. The summed E-state index contributed by atoms with van der Waals surface area (Å²) in [6.07, 6.45) is 1.55. The summed E-state index contributed by atoms with van der Waals surface area (Å²) in [5.41, 5.74) is 0.728. The summed E-state index contributed by atoms with van der Waals surface area (Å²) in [7, 11) is 0. The van der Waals surface area contributed by atoms with E-state index in [-0.39, 0.29) is 11.8 Å². The fourth-order valence-electron chi connectivity index (χ4n) is 3.12. The van der Waals surface area contributed by atoms with Gasteiger partial charge >= 0.3 is 0 Å². The number of fused-ring (bicyclic) bond motifs is 1. The Morgan fingerprint density at radius 2 is 2.17 bits per heavy atom. The first-order valence-corrected chi connectivity index (χ1v) is 8.67. The van der Waals surface area contributed by atoms with Crippen LogP contribution in [0.4, 0.5) is 0 Å². The average Bonchev–Trinajstić information content (AvgIpc) is 3.29. The molecule has 0 spiro atoms. The molecule has 0 N–H and O–H groups in total. The highest BCUT2D eigenvalue weighted by molar-refractivity contribution is 7.08. The van der Waals surface area contributed by atoms with Gasteiger partial charge in [-0.05, 0) is 17.9 Å². The highest BCUT2D eigenvalue weighted by atomic mass is 32.1. The van der Waals surface area contributed by atoms with Gasteiger partial charge in [0.25, 0.3) is 5.91 Å². The first-order valence-electron chi connectivity index (χ1n) is 7.72. The standard InChI is InChI=1S/C15H17N5O2S/c21-14-2-1-4-18(14)8-12-16-17-13-9-19(5-6-20(12)13)15(22)11-3-7-23-10-11/h3,7,10H,1-2,4-6,8-9H2. The second-order valence-electron chi connectivity index (χ2n) is 5.84. The lowest BCUT2D eigenvalue weighted by Gasteiger charge is -2.28. The number of hydrogen-bond acceptors (Lipinski definition) is 5. The van der Waals surface area contributed by atoms with Crippen LogP contribution in [0.3, 0.4) is 0 Å². The van der Waals surface area contributed by atoms with Gasteiger partial charge in [-0.2, -0.15) is 11.3 Å². The summed E-state index contributed by atoms with van der Waals surface area (Å²) in [5, 5.41) is 12.2. The second kappa shape index (κ2) is 5.77. The Labute approximate surface area is 137 Å². The lowest BCUT2D eigenvalue weighted by atomic mass is 10.2. The smallest absolute Gasteiger partial charge is 0.255 e. The van der Waals surface area contributed by atoms with Crippen molar-refractivity contribution < 1.29 is 9.59 Å². The Morgan fingerprint density at radius 3 is 2.91 bits per heavy atom. The molecule has 2 aliphatic rings. The van der Waals surface area contributed by atoms with Crippen LogP contribution in [0.1, 0.15) is 34.8 Å². The Balaban J connectivity index is 1.49. The van der Waals surface area contributed by atoms with Crippen molar-refractivity contribution in [2.75, 3.05) is 13.1 Å². The number of likely N-dealkylation sites (tertiary alicyclic amines) is 1. The molecule has 2 amide bonds. The molecule has 1 fully saturated rings. The Hall–Kier alpha value is -2.22. The van der Waals surface area contributed by atoms with Crippen molar-refractivity contribution in [1.29, 1.82) is 0 Å². The number of rotatable bonds is 3. The van der Waals surface area contributed by atoms with Crippen molar-refractivity contribution in [3.8, 4) is 0 Å². The molecule has 0 radical (unpaired) electrons. The summed E-state index contributed by atoms with van der Waals surface area (Å²) in [4.78, 5) is 27.8. The molecule has 0 aliphatic carbocycles. The van der Waals surface area contributed by atoms with Gasteiger partial charge in [-0.25, -0.2) is 0 Å². The van der Waals surface area contributed by atoms with E-state index in [4.69, 9.17) is 0 Å². The number of aromatic nitrogens is 3. The molecule has 4 heterocycles. The summed E-state index contributed by atoms with van der Waals surface area (Å²) >= 11 is 1.52. The van der Waals surface area contributed by atoms with Crippen LogP contribution in [0, 0.1) is 0 Å². The fraction of sp³-hybridized carbons (Fsp3) is 0.467. The van der Waals surface area contributed by atoms with Gasteiger partial charge in [0.1, 0.15) is 0 Å². The number of carbonyl (C=O) groups excluding carboxylic acids is 2. The van der Waals surface area contributed by atoms with Crippen molar-refractivity contribution in [2.45, 2.75) is 32.5 Å². The predicted molar refractivity (Wildman–Crippen MR) is 83.7 cm³/mol. The third kappa shape index (κ3) is 2.63. The molecule has 2 aromatic heterocycles. The number of hydrogen-bond donors (Lipinski definition) is 0. The monoisotopic (exact) mass is 331 g/mol. The van der Waals surface area contributed by atoms with Gasteiger partial charge in [0.05, 0.1) is 18.7 Å². The highest BCUT2D eigenvalue weighted by Crippen LogP contribution is 2.19. The number of thiophene rings is 1. The third-order valence-electron chi connectivity index (χ3n) is 4.39. The normalized spacial score (nSPS) is 17.7. The van der Waals surface area contributed by atoms with Gasteiger partial charge in [-0.1, -0.05) is 0 Å². The average molecular weight is 331 g/mol. The molecule has 8 heteroatoms. The van der Waals surface area contributed by atoms with E-state index < -0.39 is 0 Å². The molecular formula is C15H17N5O2S. The van der Waals surface area contributed by atoms with Crippen LogP contribution in [0.15, 0.2) is 16.8 Å². The molecule has 0 unspecified atom stereocenters. The maximum absolute atomic E-state index is 12.4. The molecule has 1 saturated heterocycles. The largest absolute Gasteiger partial charge is 0.335 e. The van der Waals surface area contributed by atoms with Gasteiger partial charge in [0.2, 0.25) is 5.91 Å². The quantitative estimate of drug-likeness (QED) is 0.845. The molecule has 23 heavy (non-hydrogen) atoms. The minimum Gasteiger partial charge on any atom is -0.335 e. The van der Waals surface area contributed by atoms with E-state index in [9.17, 15) is 9.59 Å². The lowest BCUT2D eigenvalue weighted by molar-refractivity contribution is -0.128. The van der Waals surface area contributed by atoms with Gasteiger partial charge in [-0.15, -0.1) is 10.2 Å². The molecule has 2 aromatic rings. The lowest BCUT2D eigenvalue weighted by Crippen LogP contribution is -2.39. The van der Waals surface area contributed by atoms with Gasteiger partial charge in [0, 0.05) is 31.4 Å². The van der Waals surface area contributed by atoms with Crippen molar-refractivity contribution in [3.05, 3.63) is 34.0 Å². The van der Waals surface area contributed by atoms with Crippen molar-refractivity contribution in [1.82, 2.24) is 24.6 Å². The van der Waals surface area contributed by atoms with E-state index in [0.29, 0.717) is 32.6 Å². The van der Waals surface area contributed by atoms with Crippen LogP contribution in [0.2, 0.25) is 0 Å². The Kier molecular flexibility index (Phi) is 3.60. The van der Waals surface area contributed by atoms with Crippen molar-refractivity contribution in [2.24, 2.45) is 0 Å². The topological polar surface area (TPSA) is 71.3 Å². The maximum atomic E-state index is 12.4. The summed E-state index contributed by atoms with van der Waals surface area (Å²) in [6, 6.07) is 1.84. The minimum absolute atomic E-state index is 0.0387. The Bertz CT molecular complexity index is 739. The molecule has 7 nitrogen and oxygen atoms in total. The number of amides is 2. The van der Waals surface area contributed by atoms with Gasteiger partial charge in [0.15, 0.2) is 11.6 Å². The minimum atomic E-state index is 0.0387. The van der Waals surface area contributed by atoms with E-state index in [2.05, 4.69) is 10.2 Å². The molecule has 120 valence electrons. The molecule has 0 bridgehead atoms. The zero-order valence-corrected chi connectivity index (χ0v) is 13.5. The second-order valence-corrected chi connectivity index (χ2v) is 6.62. The van der Waals surface area contributed by atoms with Crippen LogP contribution < -0.4 is 0 Å². The van der Waals surface area contributed by atoms with Crippen LogP contribution in [-0.2, 0) is 24.4 Å². The number of nitrogens with zero attached hydrogens (tertiary/aromatic N) is 5. The van der Waals surface area contributed by atoms with Crippen molar-refractivity contribution in [3.63, 3.8) is 0 Å². The van der Waals surface area contributed by atoms with Crippen LogP contribution in [-0.4, -0.2) is 49.5 Å². The molecule has 0 atom stereocenters. The van der Waals surface area contributed by atoms with Crippen LogP contribution >= 0.6 is 11.3 Å². The van der Waals surface area contributed by atoms with Crippen LogP contribution in [0.5, 0.6) is 0 Å². The molecule has 0 saturated carbocycles. The molecule has 2 aliphatic heterocycles. The van der Waals surface area contributed by atoms with E-state index in [1.807, 2.05) is 26.3 Å². The Morgan fingerprint density at radius 1 is 1.26 bits per heavy atom. The first-order chi connectivity index (χ1) is 11.2. The van der Waals surface area contributed by atoms with E-state index in [1.165, 1.54) is 11.3 Å². The van der Waals surface area contributed by atoms with E-state index >= 15 is 0 Å². The van der Waals surface area contributed by atoms with Gasteiger partial charge < -0.3 is 14.4 Å². The highest BCUT2D eigenvalue weighted by Gasteiger charge is 2.27. The third-order valence-corrected chi connectivity index (χ3v) is 5.07. The van der Waals surface area contributed by atoms with E-state index in [0.717, 1.165) is 30.2 Å². The zero-order chi connectivity index (χ0) is 15.8. The summed E-state index contributed by atoms with van der Waals surface area (Å²) < 4.78 is 2.04. The van der Waals surface area contributed by atoms with Crippen molar-refractivity contribution >= 4 is 23.2 Å². The molecular weight excluding hydrogens is 314 g/mol. The molecule has 0 aromatic carbocycles. The van der Waals surface area contributed by atoms with Crippen LogP contribution in [0.25, 0.3) is 0 Å². The fourth-order valence-corrected chi connectivity index (χ4v) is 3.75. The SMILES string of the molecule is O=C1CCCN1Cc1nnc2n1CCN(C(=O)c1ccsc1)C2. The van der Waals surface area contributed by atoms with E-state index in [1.54, 1.807) is 4.90 Å². The summed E-state index contributed by atoms with van der Waals surface area (Å²) in [6.45, 7) is 3.10. The predicted octanol–water partition coefficient (Wildman–Crippen LogP) is 1.12. The maximum Gasteiger partial charge on any atom is 0.255 e. The molecule has 4 rings (SSSR count). The van der Waals surface area contributed by atoms with Gasteiger partial charge in [-0.3, -0.25) is 9.59 Å². The summed E-state index contributed by atoms with van der Waals surface area (Å²) in [5.74, 6) is 1.84. The zero-order valence-electron chi connectivity index (χ0n) is 12.6.